The van der Waals surface area contributed by atoms with Gasteiger partial charge >= 0.3 is 0 Å². The number of pyridine rings is 1. The summed E-state index contributed by atoms with van der Waals surface area (Å²) in [6.07, 6.45) is 3.44. The van der Waals surface area contributed by atoms with Gasteiger partial charge in [-0.15, -0.1) is 0 Å². The molecule has 7 nitrogen and oxygen atoms in total. The molecule has 0 fully saturated rings. The van der Waals surface area contributed by atoms with Crippen molar-refractivity contribution in [3.8, 4) is 0 Å². The van der Waals surface area contributed by atoms with E-state index in [9.17, 15) is 4.79 Å². The number of carbonyl (C=O) groups excluding carboxylic acids is 1. The van der Waals surface area contributed by atoms with Gasteiger partial charge in [-0.25, -0.2) is 4.98 Å². The lowest BCUT2D eigenvalue weighted by Gasteiger charge is -2.20. The van der Waals surface area contributed by atoms with Crippen molar-refractivity contribution in [1.29, 1.82) is 5.41 Å². The van der Waals surface area contributed by atoms with Crippen molar-refractivity contribution in [3.05, 3.63) is 59.9 Å². The van der Waals surface area contributed by atoms with Crippen LogP contribution < -0.4 is 11.1 Å². The van der Waals surface area contributed by atoms with E-state index in [-0.39, 0.29) is 11.9 Å². The van der Waals surface area contributed by atoms with Gasteiger partial charge in [0.25, 0.3) is 5.91 Å². The molecule has 25 heavy (non-hydrogen) atoms. The Balaban J connectivity index is 1.72. The highest BCUT2D eigenvalue weighted by Crippen LogP contribution is 2.21. The third-order valence-electron chi connectivity index (χ3n) is 4.02. The molecule has 2 aromatic heterocycles. The first kappa shape index (κ1) is 16.5. The summed E-state index contributed by atoms with van der Waals surface area (Å²) in [5.41, 5.74) is 8.54. The molecule has 0 atom stereocenters. The number of aromatic nitrogens is 2. The molecule has 0 aliphatic rings. The fraction of sp³-hybridized carbons (Fsp3) is 0.167. The predicted octanol–water partition coefficient (Wildman–Crippen LogP) is 2.53. The predicted molar refractivity (Wildman–Crippen MR) is 98.5 cm³/mol. The zero-order chi connectivity index (χ0) is 17.8. The molecule has 1 amide bonds. The first-order valence-electron chi connectivity index (χ1n) is 8.00. The number of amides is 1. The lowest BCUT2D eigenvalue weighted by atomic mass is 10.1. The smallest absolute Gasteiger partial charge is 0.255 e. The molecule has 1 aromatic carbocycles. The second-order valence-corrected chi connectivity index (χ2v) is 5.65. The summed E-state index contributed by atoms with van der Waals surface area (Å²) < 4.78 is 0. The number of hydrogen-bond donors (Lipinski definition) is 4. The molecule has 0 spiro atoms. The Morgan fingerprint density at radius 3 is 2.72 bits per heavy atom. The van der Waals surface area contributed by atoms with Gasteiger partial charge in [-0.05, 0) is 36.8 Å². The Morgan fingerprint density at radius 1 is 1.28 bits per heavy atom. The number of aromatic amines is 1. The number of carbonyl (C=O) groups is 1. The highest BCUT2D eigenvalue weighted by Gasteiger charge is 2.10. The topological polar surface area (TPSA) is 111 Å². The zero-order valence-corrected chi connectivity index (χ0v) is 13.9. The van der Waals surface area contributed by atoms with Crippen LogP contribution in [-0.2, 0) is 6.54 Å². The second kappa shape index (κ2) is 7.04. The number of nitrogens with one attached hydrogen (secondary N) is 3. The second-order valence-electron chi connectivity index (χ2n) is 5.65. The van der Waals surface area contributed by atoms with Crippen molar-refractivity contribution >= 4 is 28.6 Å². The fourth-order valence-corrected chi connectivity index (χ4v) is 2.61. The van der Waals surface area contributed by atoms with Gasteiger partial charge in [0.15, 0.2) is 5.96 Å². The molecule has 7 heteroatoms. The van der Waals surface area contributed by atoms with Gasteiger partial charge in [0.05, 0.1) is 5.69 Å². The third-order valence-corrected chi connectivity index (χ3v) is 4.02. The van der Waals surface area contributed by atoms with Crippen LogP contribution in [0.2, 0.25) is 0 Å². The molecule has 3 rings (SSSR count). The van der Waals surface area contributed by atoms with Crippen LogP contribution in [0.1, 0.15) is 22.8 Å². The number of H-pyrrole nitrogens is 1. The Labute approximate surface area is 145 Å². The molecule has 2 heterocycles. The van der Waals surface area contributed by atoms with Crippen molar-refractivity contribution in [2.24, 2.45) is 5.73 Å². The molecule has 0 saturated heterocycles. The van der Waals surface area contributed by atoms with E-state index in [1.807, 2.05) is 25.1 Å². The number of nitrogens with two attached hydrogens (primary N) is 1. The summed E-state index contributed by atoms with van der Waals surface area (Å²) in [5.74, 6) is -0.142. The average molecular weight is 336 g/mol. The molecule has 0 saturated carbocycles. The number of rotatable bonds is 5. The molecule has 3 aromatic rings. The van der Waals surface area contributed by atoms with Gasteiger partial charge in [0.1, 0.15) is 5.65 Å². The summed E-state index contributed by atoms with van der Waals surface area (Å²) in [6, 6.07) is 10.9. The molecular weight excluding hydrogens is 316 g/mol. The Hall–Kier alpha value is -3.35. The zero-order valence-electron chi connectivity index (χ0n) is 13.9. The van der Waals surface area contributed by atoms with Gasteiger partial charge in [0, 0.05) is 36.4 Å². The van der Waals surface area contributed by atoms with E-state index in [0.717, 1.165) is 16.6 Å². The van der Waals surface area contributed by atoms with E-state index >= 15 is 0 Å². The van der Waals surface area contributed by atoms with E-state index < -0.39 is 0 Å². The summed E-state index contributed by atoms with van der Waals surface area (Å²) in [4.78, 5) is 21.4. The molecule has 0 aliphatic carbocycles. The fourth-order valence-electron chi connectivity index (χ4n) is 2.61. The Morgan fingerprint density at radius 2 is 2.04 bits per heavy atom. The van der Waals surface area contributed by atoms with Crippen molar-refractivity contribution < 1.29 is 4.79 Å². The molecule has 0 aliphatic heterocycles. The van der Waals surface area contributed by atoms with Gasteiger partial charge in [-0.3, -0.25) is 10.2 Å². The van der Waals surface area contributed by atoms with Crippen LogP contribution in [0.15, 0.2) is 48.8 Å². The highest BCUT2D eigenvalue weighted by molar-refractivity contribution is 6.08. The van der Waals surface area contributed by atoms with Crippen molar-refractivity contribution in [2.75, 3.05) is 11.9 Å². The number of anilines is 1. The summed E-state index contributed by atoms with van der Waals surface area (Å²) in [6.45, 7) is 3.15. The van der Waals surface area contributed by atoms with E-state index in [1.165, 1.54) is 0 Å². The molecule has 0 bridgehead atoms. The third kappa shape index (κ3) is 3.60. The number of hydrogen-bond acceptors (Lipinski definition) is 3. The van der Waals surface area contributed by atoms with E-state index in [2.05, 4.69) is 15.3 Å². The molecule has 5 N–H and O–H groups in total. The minimum absolute atomic E-state index is 0.0394. The van der Waals surface area contributed by atoms with Crippen LogP contribution in [0.25, 0.3) is 11.0 Å². The minimum atomic E-state index is -0.181. The maximum Gasteiger partial charge on any atom is 0.255 e. The maximum absolute atomic E-state index is 12.5. The average Bonchev–Trinajstić information content (AvgIpc) is 3.09. The molecular formula is C18H20N6O. The van der Waals surface area contributed by atoms with Crippen molar-refractivity contribution in [1.82, 2.24) is 14.9 Å². The first-order valence-corrected chi connectivity index (χ1v) is 8.00. The van der Waals surface area contributed by atoms with E-state index in [4.69, 9.17) is 11.1 Å². The van der Waals surface area contributed by atoms with Gasteiger partial charge in [-0.2, -0.15) is 0 Å². The molecule has 128 valence electrons. The van der Waals surface area contributed by atoms with Gasteiger partial charge in [0.2, 0.25) is 0 Å². The van der Waals surface area contributed by atoms with Crippen LogP contribution in [0, 0.1) is 5.41 Å². The number of nitrogens with zero attached hydrogens (tertiary/aromatic N) is 2. The largest absolute Gasteiger partial charge is 0.370 e. The Kier molecular flexibility index (Phi) is 4.65. The highest BCUT2D eigenvalue weighted by atomic mass is 16.1. The van der Waals surface area contributed by atoms with Crippen LogP contribution in [0.4, 0.5) is 5.69 Å². The van der Waals surface area contributed by atoms with Gasteiger partial charge < -0.3 is 20.9 Å². The summed E-state index contributed by atoms with van der Waals surface area (Å²) >= 11 is 0. The standard InChI is InChI=1S/C18H20N6O/c1-2-24(18(19)20)11-12-3-5-13(6-4-12)17(25)23-15-8-10-22-16-14(15)7-9-21-16/h3-10H,2,11H2,1H3,(H3,19,20)(H2,21,22,23,25). The van der Waals surface area contributed by atoms with Crippen LogP contribution in [0.5, 0.6) is 0 Å². The summed E-state index contributed by atoms with van der Waals surface area (Å²) in [7, 11) is 0. The van der Waals surface area contributed by atoms with E-state index in [1.54, 1.807) is 35.5 Å². The molecule has 0 unspecified atom stereocenters. The monoisotopic (exact) mass is 336 g/mol. The van der Waals surface area contributed by atoms with E-state index in [0.29, 0.717) is 24.3 Å². The minimum Gasteiger partial charge on any atom is -0.370 e. The number of fused-ring (bicyclic) bond motifs is 1. The Bertz CT molecular complexity index is 899. The first-order chi connectivity index (χ1) is 12.1. The lowest BCUT2D eigenvalue weighted by Crippen LogP contribution is -2.35. The lowest BCUT2D eigenvalue weighted by molar-refractivity contribution is 0.102. The molecule has 0 radical (unpaired) electrons. The number of benzene rings is 1. The quantitative estimate of drug-likeness (QED) is 0.424. The van der Waals surface area contributed by atoms with Crippen LogP contribution >= 0.6 is 0 Å². The number of guanidine groups is 1. The SMILES string of the molecule is CCN(Cc1ccc(C(=O)Nc2ccnc3[nH]ccc23)cc1)C(=N)N. The van der Waals surface area contributed by atoms with Crippen LogP contribution in [0.3, 0.4) is 0 Å². The summed E-state index contributed by atoms with van der Waals surface area (Å²) in [5, 5.41) is 11.3. The van der Waals surface area contributed by atoms with Crippen molar-refractivity contribution in [3.63, 3.8) is 0 Å². The maximum atomic E-state index is 12.5. The van der Waals surface area contributed by atoms with Crippen LogP contribution in [-0.4, -0.2) is 33.3 Å². The van der Waals surface area contributed by atoms with Crippen molar-refractivity contribution in [2.45, 2.75) is 13.5 Å². The van der Waals surface area contributed by atoms with Gasteiger partial charge in [-0.1, -0.05) is 12.1 Å². The normalized spacial score (nSPS) is 10.6.